The summed E-state index contributed by atoms with van der Waals surface area (Å²) in [6, 6.07) is 17.5. The lowest BCUT2D eigenvalue weighted by molar-refractivity contribution is -0.923. The van der Waals surface area contributed by atoms with Crippen molar-refractivity contribution in [2.24, 2.45) is 0 Å². The summed E-state index contributed by atoms with van der Waals surface area (Å²) >= 11 is 0. The number of rotatable bonds is 10. The monoisotopic (exact) mass is 745 g/mol. The first-order chi connectivity index (χ1) is 24.5. The van der Waals surface area contributed by atoms with Gasteiger partial charge < -0.3 is 19.4 Å². The number of hydrogen-bond acceptors (Lipinski definition) is 10. The zero-order valence-corrected chi connectivity index (χ0v) is 29.0. The van der Waals surface area contributed by atoms with E-state index in [0.29, 0.717) is 16.7 Å². The molecule has 2 heterocycles. The van der Waals surface area contributed by atoms with Crippen LogP contribution >= 0.6 is 0 Å². The summed E-state index contributed by atoms with van der Waals surface area (Å²) in [5.41, 5.74) is -0.234. The molecule has 3 aromatic carbocycles. The number of anilines is 2. The van der Waals surface area contributed by atoms with E-state index in [0.717, 1.165) is 23.8 Å². The number of nitrogens with zero attached hydrogens (tertiary/aromatic N) is 5. The maximum atomic E-state index is 13.6. The lowest BCUT2D eigenvalue weighted by Gasteiger charge is -2.38. The molecule has 4 N–H and O–H groups in total. The van der Waals surface area contributed by atoms with Gasteiger partial charge in [-0.2, -0.15) is 26.9 Å². The third-order valence-electron chi connectivity index (χ3n) is 8.42. The van der Waals surface area contributed by atoms with Crippen LogP contribution in [-0.2, 0) is 32.4 Å². The van der Waals surface area contributed by atoms with Gasteiger partial charge in [-0.15, -0.1) is 5.10 Å². The number of allylic oxidation sites excluding steroid dienone is 1. The summed E-state index contributed by atoms with van der Waals surface area (Å²) in [6.07, 6.45) is -4.65. The molecular weight excluding hydrogens is 709 g/mol. The number of nitrogens with one attached hydrogen (secondary N) is 1. The molecule has 0 saturated heterocycles. The van der Waals surface area contributed by atoms with Gasteiger partial charge in [0.25, 0.3) is 10.1 Å². The van der Waals surface area contributed by atoms with Crippen molar-refractivity contribution >= 4 is 27.7 Å². The second kappa shape index (κ2) is 15.9. The van der Waals surface area contributed by atoms with E-state index in [4.69, 9.17) is 9.29 Å². The van der Waals surface area contributed by atoms with Gasteiger partial charge in [0.2, 0.25) is 5.95 Å². The summed E-state index contributed by atoms with van der Waals surface area (Å²) in [5.74, 6) is -0.890. The number of fused-ring (bicyclic) bond motifs is 1. The number of benzene rings is 3. The molecular formula is C34H36F3N6O8S+. The third-order valence-corrected chi connectivity index (χ3v) is 9.29. The molecule has 0 aliphatic carbocycles. The van der Waals surface area contributed by atoms with E-state index >= 15 is 0 Å². The molecule has 0 spiro atoms. The molecule has 5 rings (SSSR count). The number of ether oxygens (including phenoxy) is 1. The number of hydrogen-bond donors (Lipinski definition) is 4. The third kappa shape index (κ3) is 8.58. The fourth-order valence-electron chi connectivity index (χ4n) is 5.91. The van der Waals surface area contributed by atoms with Crippen LogP contribution in [0.3, 0.4) is 0 Å². The highest BCUT2D eigenvalue weighted by atomic mass is 32.2. The first kappa shape index (κ1) is 39.5. The molecule has 0 fully saturated rings. The van der Waals surface area contributed by atoms with E-state index in [-0.39, 0.29) is 65.1 Å². The normalized spacial score (nSPS) is 14.6. The predicted molar refractivity (Wildman–Crippen MR) is 180 cm³/mol. The number of quaternary nitrogens is 1. The van der Waals surface area contributed by atoms with Crippen molar-refractivity contribution < 1.29 is 50.4 Å². The molecule has 276 valence electrons. The number of carbonyl (C=O) groups excluding carboxylic acids is 1. The van der Waals surface area contributed by atoms with Crippen LogP contribution in [0.25, 0.3) is 0 Å². The number of H-pyrrole nitrogens is 1. The number of aromatic nitrogens is 3. The Balaban J connectivity index is 0.000000521. The number of aliphatic hydroxyl groups is 2. The number of carbonyl (C=O) groups is 1. The van der Waals surface area contributed by atoms with E-state index in [1.165, 1.54) is 42.2 Å². The van der Waals surface area contributed by atoms with E-state index < -0.39 is 39.6 Å². The molecule has 0 unspecified atom stereocenters. The minimum Gasteiger partial charge on any atom is -0.466 e. The Hall–Kier alpha value is -5.32. The zero-order chi connectivity index (χ0) is 38.4. The highest BCUT2D eigenvalue weighted by molar-refractivity contribution is 7.85. The zero-order valence-electron chi connectivity index (χ0n) is 28.2. The topological polar surface area (TPSA) is 199 Å². The van der Waals surface area contributed by atoms with E-state index in [9.17, 15) is 46.7 Å². The average Bonchev–Trinajstić information content (AvgIpc) is 3.48. The number of aromatic amines is 1. The number of esters is 1. The molecule has 1 aliphatic heterocycles. The summed E-state index contributed by atoms with van der Waals surface area (Å²) in [4.78, 5) is 27.9. The Bertz CT molecular complexity index is 2160. The second-order valence-electron chi connectivity index (χ2n) is 12.0. The van der Waals surface area contributed by atoms with Crippen molar-refractivity contribution in [3.8, 4) is 6.07 Å². The molecule has 14 nitrogen and oxygen atoms in total. The molecule has 4 aromatic rings. The van der Waals surface area contributed by atoms with Gasteiger partial charge in [-0.3, -0.25) is 9.45 Å². The fraction of sp³-hybridized carbons (Fsp3) is 0.294. The molecule has 1 aliphatic rings. The van der Waals surface area contributed by atoms with Gasteiger partial charge in [-0.25, -0.2) is 19.3 Å². The number of likely N-dealkylation sites (N-methyl/N-ethyl adjacent to an activating group) is 1. The van der Waals surface area contributed by atoms with Crippen LogP contribution in [0.5, 0.6) is 0 Å². The van der Waals surface area contributed by atoms with E-state index in [2.05, 4.69) is 16.3 Å². The van der Waals surface area contributed by atoms with Crippen molar-refractivity contribution in [1.82, 2.24) is 14.8 Å². The molecule has 18 heteroatoms. The number of methoxy groups -OCH3 is 1. The van der Waals surface area contributed by atoms with Gasteiger partial charge in [0.15, 0.2) is 0 Å². The number of halogens is 3. The maximum absolute atomic E-state index is 13.6. The minimum atomic E-state index is -4.65. The number of aliphatic hydroxyl groups excluding tert-OH is 2. The van der Waals surface area contributed by atoms with Gasteiger partial charge in [0, 0.05) is 16.9 Å². The Labute approximate surface area is 296 Å². The molecule has 0 saturated carbocycles. The Morgan fingerprint density at radius 2 is 1.71 bits per heavy atom. The molecule has 52 heavy (non-hydrogen) atoms. The van der Waals surface area contributed by atoms with Gasteiger partial charge in [0.05, 0.1) is 55.0 Å². The molecule has 1 atom stereocenters. The van der Waals surface area contributed by atoms with Crippen LogP contribution in [-0.4, -0.2) is 88.9 Å². The highest BCUT2D eigenvalue weighted by Crippen LogP contribution is 2.44. The van der Waals surface area contributed by atoms with Crippen LogP contribution < -0.4 is 10.6 Å². The highest BCUT2D eigenvalue weighted by Gasteiger charge is 2.41. The minimum absolute atomic E-state index is 0.0117. The molecule has 0 amide bonds. The molecule has 0 radical (unpaired) electrons. The summed E-state index contributed by atoms with van der Waals surface area (Å²) in [7, 11) is -1.04. The van der Waals surface area contributed by atoms with Crippen molar-refractivity contribution in [1.29, 1.82) is 5.26 Å². The second-order valence-corrected chi connectivity index (χ2v) is 13.4. The number of nitriles is 1. The van der Waals surface area contributed by atoms with Crippen molar-refractivity contribution in [3.63, 3.8) is 0 Å². The lowest BCUT2D eigenvalue weighted by Crippen LogP contribution is -2.47. The standard InChI is InChI=1S/C28H29F3N6O5.C6H6O3S/c1-17-23(25(40)42-3)24(22-8-7-18(15-32)13-19(22)16-37(2,9-11-38)10-12-39)36-26(33-34-27(36)41)35(17)21-6-4-5-20(14-21)28(29,30)31;7-10(8,9)6-4-2-1-3-5-6/h4-8,13-14,24,38-39H,9-12,16H2,1-3H3;1-5H,(H,7,8,9)/p+1/t24-;/m1./s1. The van der Waals surface area contributed by atoms with Crippen molar-refractivity contribution in [2.45, 2.75) is 30.6 Å². The summed E-state index contributed by atoms with van der Waals surface area (Å²) < 4.78 is 76.4. The van der Waals surface area contributed by atoms with Gasteiger partial charge >= 0.3 is 17.8 Å². The largest absolute Gasteiger partial charge is 0.466 e. The van der Waals surface area contributed by atoms with Crippen LogP contribution in [0.15, 0.2) is 93.8 Å². The Morgan fingerprint density at radius 3 is 2.25 bits per heavy atom. The van der Waals surface area contributed by atoms with E-state index in [1.54, 1.807) is 30.3 Å². The first-order valence-corrected chi connectivity index (χ1v) is 17.0. The fourth-order valence-corrected chi connectivity index (χ4v) is 6.42. The summed E-state index contributed by atoms with van der Waals surface area (Å²) in [6.45, 7) is 1.88. The van der Waals surface area contributed by atoms with Crippen LogP contribution in [0.4, 0.5) is 24.8 Å². The number of alkyl halides is 3. The lowest BCUT2D eigenvalue weighted by atomic mass is 9.89. The quantitative estimate of drug-likeness (QED) is 0.105. The van der Waals surface area contributed by atoms with E-state index in [1.807, 2.05) is 7.05 Å². The summed E-state index contributed by atoms with van der Waals surface area (Å²) in [5, 5.41) is 35.5. The predicted octanol–water partition coefficient (Wildman–Crippen LogP) is 3.51. The smallest absolute Gasteiger partial charge is 0.416 e. The average molecular weight is 746 g/mol. The Kier molecular flexibility index (Phi) is 12.1. The van der Waals surface area contributed by atoms with Crippen LogP contribution in [0.2, 0.25) is 0 Å². The van der Waals surface area contributed by atoms with Crippen LogP contribution in [0.1, 0.15) is 35.2 Å². The van der Waals surface area contributed by atoms with Gasteiger partial charge in [0.1, 0.15) is 25.7 Å². The molecule has 1 aromatic heterocycles. The maximum Gasteiger partial charge on any atom is 0.416 e. The van der Waals surface area contributed by atoms with Crippen molar-refractivity contribution in [2.75, 3.05) is 45.4 Å². The SMILES string of the molecule is COC(=O)C1=C(C)N(c2cccc(C(F)(F)F)c2)c2n[nH]c(=O)n2[C@@H]1c1ccc(C#N)cc1C[N+](C)(CCO)CCO.O=S(=O)(O)c1ccccc1. The first-order valence-electron chi connectivity index (χ1n) is 15.5. The van der Waals surface area contributed by atoms with Crippen molar-refractivity contribution in [3.05, 3.63) is 117 Å². The van der Waals surface area contributed by atoms with Crippen LogP contribution in [0, 0.1) is 11.3 Å². The Morgan fingerprint density at radius 1 is 1.06 bits per heavy atom. The van der Waals surface area contributed by atoms with Gasteiger partial charge in [-0.05, 0) is 55.0 Å². The van der Waals surface area contributed by atoms with Gasteiger partial charge in [-0.1, -0.05) is 30.3 Å². The molecule has 0 bridgehead atoms.